The highest BCUT2D eigenvalue weighted by atomic mass is 79.9. The third-order valence-corrected chi connectivity index (χ3v) is 3.70. The number of hydrogen-bond acceptors (Lipinski definition) is 3. The van der Waals surface area contributed by atoms with Crippen molar-refractivity contribution in [1.29, 1.82) is 0 Å². The van der Waals surface area contributed by atoms with Crippen LogP contribution < -0.4 is 10.2 Å². The lowest BCUT2D eigenvalue weighted by Gasteiger charge is -2.22. The summed E-state index contributed by atoms with van der Waals surface area (Å²) >= 11 is 3.25. The van der Waals surface area contributed by atoms with Crippen LogP contribution in [0.25, 0.3) is 0 Å². The number of aliphatic hydroxyl groups excluding tert-OH is 1. The van der Waals surface area contributed by atoms with E-state index in [-0.39, 0.29) is 6.54 Å². The number of fused-ring (bicyclic) bond motifs is 1. The molecule has 20 heavy (non-hydrogen) atoms. The Kier molecular flexibility index (Phi) is 3.97. The fourth-order valence-electron chi connectivity index (χ4n) is 1.96. The number of aliphatic hydroxyl groups is 1. The van der Waals surface area contributed by atoms with Crippen molar-refractivity contribution in [3.8, 4) is 0 Å². The molecule has 1 heterocycles. The van der Waals surface area contributed by atoms with Gasteiger partial charge in [-0.1, -0.05) is 0 Å². The van der Waals surface area contributed by atoms with E-state index in [4.69, 9.17) is 0 Å². The Balaban J connectivity index is 2.22. The van der Waals surface area contributed by atoms with Crippen molar-refractivity contribution in [2.24, 2.45) is 0 Å². The van der Waals surface area contributed by atoms with Crippen LogP contribution in [0.1, 0.15) is 18.1 Å². The van der Waals surface area contributed by atoms with Crippen LogP contribution in [0, 0.1) is 0 Å². The van der Waals surface area contributed by atoms with Crippen LogP contribution in [0.4, 0.5) is 24.5 Å². The predicted molar refractivity (Wildman–Crippen MR) is 71.7 cm³/mol. The zero-order valence-corrected chi connectivity index (χ0v) is 12.0. The maximum Gasteiger partial charge on any atom is 0.390 e. The molecule has 8 heteroatoms. The molecule has 1 atom stereocenters. The Bertz CT molecular complexity index is 548. The van der Waals surface area contributed by atoms with Crippen LogP contribution in [0.3, 0.4) is 0 Å². The van der Waals surface area contributed by atoms with Gasteiger partial charge in [-0.25, -0.2) is 0 Å². The summed E-state index contributed by atoms with van der Waals surface area (Å²) in [4.78, 5) is 12.8. The summed E-state index contributed by atoms with van der Waals surface area (Å²) in [5, 5.41) is 12.1. The van der Waals surface area contributed by atoms with Crippen LogP contribution in [-0.2, 0) is 4.79 Å². The second kappa shape index (κ2) is 5.25. The highest BCUT2D eigenvalue weighted by molar-refractivity contribution is 9.10. The van der Waals surface area contributed by atoms with Crippen molar-refractivity contribution in [2.75, 3.05) is 23.8 Å². The number of anilines is 2. The van der Waals surface area contributed by atoms with Crippen molar-refractivity contribution in [3.05, 3.63) is 22.2 Å². The molecule has 110 valence electrons. The van der Waals surface area contributed by atoms with E-state index in [1.807, 2.05) is 0 Å². The van der Waals surface area contributed by atoms with Gasteiger partial charge in [-0.3, -0.25) is 4.79 Å². The number of nitrogens with zero attached hydrogens (tertiary/aromatic N) is 1. The molecule has 0 bridgehead atoms. The Morgan fingerprint density at radius 3 is 2.70 bits per heavy atom. The molecule has 1 aliphatic rings. The lowest BCUT2D eigenvalue weighted by Crippen LogP contribution is -2.24. The van der Waals surface area contributed by atoms with Gasteiger partial charge in [-0.05, 0) is 28.1 Å². The molecule has 2 rings (SSSR count). The quantitative estimate of drug-likeness (QED) is 0.879. The average molecular weight is 353 g/mol. The van der Waals surface area contributed by atoms with Gasteiger partial charge in [-0.15, -0.1) is 0 Å². The molecule has 0 aliphatic carbocycles. The third kappa shape index (κ3) is 3.06. The van der Waals surface area contributed by atoms with Gasteiger partial charge in [0.15, 0.2) is 6.10 Å². The highest BCUT2D eigenvalue weighted by Crippen LogP contribution is 2.39. The number of hydrogen-bond donors (Lipinski definition) is 2. The summed E-state index contributed by atoms with van der Waals surface area (Å²) in [5.74, 6) is -0.540. The minimum Gasteiger partial charge on any atom is -0.378 e. The molecule has 0 fully saturated rings. The molecular weight excluding hydrogens is 341 g/mol. The lowest BCUT2D eigenvalue weighted by atomic mass is 10.1. The van der Waals surface area contributed by atoms with E-state index in [1.54, 1.807) is 6.07 Å². The minimum atomic E-state index is -4.22. The van der Waals surface area contributed by atoms with Gasteiger partial charge >= 0.3 is 6.18 Å². The van der Waals surface area contributed by atoms with Crippen molar-refractivity contribution in [2.45, 2.75) is 18.7 Å². The summed E-state index contributed by atoms with van der Waals surface area (Å²) < 4.78 is 37.2. The maximum atomic E-state index is 12.2. The Labute approximate surface area is 121 Å². The topological polar surface area (TPSA) is 52.6 Å². The molecule has 4 nitrogen and oxygen atoms in total. The van der Waals surface area contributed by atoms with E-state index < -0.39 is 24.6 Å². The first kappa shape index (κ1) is 15.1. The first-order valence-electron chi connectivity index (χ1n) is 5.79. The second-order valence-electron chi connectivity index (χ2n) is 4.57. The Hall–Kier alpha value is -1.28. The molecule has 1 amide bonds. The van der Waals surface area contributed by atoms with Crippen LogP contribution >= 0.6 is 15.9 Å². The number of halogens is 4. The molecular formula is C12H12BrF3N2O2. The summed E-state index contributed by atoms with van der Waals surface area (Å²) in [6.07, 6.45) is -6.39. The van der Waals surface area contributed by atoms with E-state index >= 15 is 0 Å². The van der Waals surface area contributed by atoms with Crippen molar-refractivity contribution < 1.29 is 23.1 Å². The second-order valence-corrected chi connectivity index (χ2v) is 5.42. The normalized spacial score (nSPS) is 17.9. The van der Waals surface area contributed by atoms with E-state index in [9.17, 15) is 23.1 Å². The van der Waals surface area contributed by atoms with Crippen molar-refractivity contribution >= 4 is 33.2 Å². The molecule has 0 saturated carbocycles. The first-order valence-corrected chi connectivity index (χ1v) is 6.58. The molecule has 1 unspecified atom stereocenters. The van der Waals surface area contributed by atoms with E-state index in [2.05, 4.69) is 21.2 Å². The fraction of sp³-hybridized carbons (Fsp3) is 0.417. The largest absolute Gasteiger partial charge is 0.390 e. The first-order chi connectivity index (χ1) is 9.19. The number of carbonyl (C=O) groups is 1. The van der Waals surface area contributed by atoms with Crippen molar-refractivity contribution in [3.63, 3.8) is 0 Å². The monoisotopic (exact) mass is 352 g/mol. The van der Waals surface area contributed by atoms with Crippen LogP contribution in [-0.4, -0.2) is 30.8 Å². The SMILES string of the molecule is CN(CCC(F)(F)F)c1cc2c(cc1Br)C(O)C(=O)N2. The van der Waals surface area contributed by atoms with Crippen LogP contribution in [0.5, 0.6) is 0 Å². The van der Waals surface area contributed by atoms with Gasteiger partial charge in [0.05, 0.1) is 12.1 Å². The maximum absolute atomic E-state index is 12.2. The standard InChI is InChI=1S/C12H12BrF3N2O2/c1-18(3-2-12(14,15)16)9-5-8-6(4-7(9)13)10(19)11(20)17-8/h4-5,10,19H,2-3H2,1H3,(H,17,20). The smallest absolute Gasteiger partial charge is 0.378 e. The molecule has 1 aliphatic heterocycles. The zero-order chi connectivity index (χ0) is 15.1. The molecule has 2 N–H and O–H groups in total. The fourth-order valence-corrected chi connectivity index (χ4v) is 2.63. The number of carbonyl (C=O) groups excluding carboxylic acids is 1. The number of alkyl halides is 3. The number of benzene rings is 1. The highest BCUT2D eigenvalue weighted by Gasteiger charge is 2.31. The summed E-state index contributed by atoms with van der Waals surface area (Å²) in [5.41, 5.74) is 1.34. The summed E-state index contributed by atoms with van der Waals surface area (Å²) in [7, 11) is 1.53. The molecule has 0 aromatic heterocycles. The van der Waals surface area contributed by atoms with Gasteiger partial charge < -0.3 is 15.3 Å². The summed E-state index contributed by atoms with van der Waals surface area (Å²) in [6, 6.07) is 3.08. The Morgan fingerprint density at radius 1 is 1.45 bits per heavy atom. The molecule has 1 aromatic rings. The van der Waals surface area contributed by atoms with E-state index in [1.165, 1.54) is 18.0 Å². The van der Waals surface area contributed by atoms with E-state index in [0.29, 0.717) is 21.4 Å². The molecule has 0 saturated heterocycles. The minimum absolute atomic E-state index is 0.197. The predicted octanol–water partition coefficient (Wildman–Crippen LogP) is 2.82. The molecule has 1 aromatic carbocycles. The Morgan fingerprint density at radius 2 is 2.10 bits per heavy atom. The lowest BCUT2D eigenvalue weighted by molar-refractivity contribution is -0.132. The number of amides is 1. The van der Waals surface area contributed by atoms with Crippen LogP contribution in [0.15, 0.2) is 16.6 Å². The zero-order valence-electron chi connectivity index (χ0n) is 10.5. The van der Waals surface area contributed by atoms with Gasteiger partial charge in [0.25, 0.3) is 5.91 Å². The molecule has 0 radical (unpaired) electrons. The summed E-state index contributed by atoms with van der Waals surface area (Å²) in [6.45, 7) is -0.197. The van der Waals surface area contributed by atoms with Gasteiger partial charge in [-0.2, -0.15) is 13.2 Å². The van der Waals surface area contributed by atoms with Gasteiger partial charge in [0, 0.05) is 29.3 Å². The van der Waals surface area contributed by atoms with E-state index in [0.717, 1.165) is 0 Å². The van der Waals surface area contributed by atoms with Crippen molar-refractivity contribution in [1.82, 2.24) is 0 Å². The van der Waals surface area contributed by atoms with Crippen LogP contribution in [0.2, 0.25) is 0 Å². The van der Waals surface area contributed by atoms with Gasteiger partial charge in [0.2, 0.25) is 0 Å². The van der Waals surface area contributed by atoms with Gasteiger partial charge in [0.1, 0.15) is 0 Å². The average Bonchev–Trinajstić information content (AvgIpc) is 2.61. The molecule has 0 spiro atoms. The number of rotatable bonds is 3. The third-order valence-electron chi connectivity index (χ3n) is 3.06. The number of nitrogens with one attached hydrogen (secondary N) is 1.